The van der Waals surface area contributed by atoms with Crippen molar-refractivity contribution in [2.24, 2.45) is 0 Å². The van der Waals surface area contributed by atoms with Gasteiger partial charge in [0.05, 0.1) is 13.0 Å². The van der Waals surface area contributed by atoms with Gasteiger partial charge < -0.3 is 24.8 Å². The van der Waals surface area contributed by atoms with Crippen LogP contribution in [0, 0.1) is 0 Å². The number of hydrogen-bond donors (Lipinski definition) is 2. The lowest BCUT2D eigenvalue weighted by Gasteiger charge is -2.13. The van der Waals surface area contributed by atoms with E-state index in [1.54, 1.807) is 13.8 Å². The van der Waals surface area contributed by atoms with Crippen LogP contribution in [0.4, 0.5) is 4.79 Å². The van der Waals surface area contributed by atoms with Crippen molar-refractivity contribution in [1.82, 2.24) is 10.6 Å². The lowest BCUT2D eigenvalue weighted by atomic mass is 10.4. The summed E-state index contributed by atoms with van der Waals surface area (Å²) >= 11 is 0. The van der Waals surface area contributed by atoms with Crippen molar-refractivity contribution >= 4 is 18.0 Å². The molecule has 0 heterocycles. The fourth-order valence-corrected chi connectivity index (χ4v) is 1.23. The molecule has 21 heavy (non-hydrogen) atoms. The van der Waals surface area contributed by atoms with Crippen LogP contribution >= 0.6 is 0 Å². The van der Waals surface area contributed by atoms with Crippen LogP contribution in [0.15, 0.2) is 12.7 Å². The van der Waals surface area contributed by atoms with E-state index in [9.17, 15) is 14.4 Å². The molecule has 0 aromatic carbocycles. The average molecular weight is 302 g/mol. The summed E-state index contributed by atoms with van der Waals surface area (Å²) in [7, 11) is 0. The topological polar surface area (TPSA) is 103 Å². The Balaban J connectivity index is 3.58. The van der Waals surface area contributed by atoms with E-state index in [1.165, 1.54) is 0 Å². The first-order valence-electron chi connectivity index (χ1n) is 6.61. The Hall–Kier alpha value is -2.09. The van der Waals surface area contributed by atoms with Crippen LogP contribution < -0.4 is 10.6 Å². The molecule has 0 saturated carbocycles. The Kier molecular flexibility index (Phi) is 10.5. The molecular weight excluding hydrogens is 280 g/mol. The van der Waals surface area contributed by atoms with Crippen LogP contribution in [0.3, 0.4) is 0 Å². The van der Waals surface area contributed by atoms with Crippen molar-refractivity contribution in [3.8, 4) is 0 Å². The van der Waals surface area contributed by atoms with Crippen molar-refractivity contribution in [3.05, 3.63) is 12.7 Å². The van der Waals surface area contributed by atoms with Gasteiger partial charge in [0.2, 0.25) is 0 Å². The van der Waals surface area contributed by atoms with Gasteiger partial charge in [0, 0.05) is 19.2 Å². The summed E-state index contributed by atoms with van der Waals surface area (Å²) in [5, 5.41) is 4.93. The van der Waals surface area contributed by atoms with Crippen LogP contribution in [0.25, 0.3) is 0 Å². The normalized spacial score (nSPS) is 11.1. The minimum atomic E-state index is -0.601. The van der Waals surface area contributed by atoms with Gasteiger partial charge in [0.1, 0.15) is 6.61 Å². The molecule has 0 aromatic rings. The molecule has 0 fully saturated rings. The highest BCUT2D eigenvalue weighted by Crippen LogP contribution is 1.95. The minimum Gasteiger partial charge on any atom is -0.461 e. The summed E-state index contributed by atoms with van der Waals surface area (Å²) in [6.45, 7) is 7.44. The van der Waals surface area contributed by atoms with Gasteiger partial charge >= 0.3 is 18.0 Å². The molecule has 0 aliphatic rings. The number of carbonyl (C=O) groups is 3. The zero-order chi connectivity index (χ0) is 16.1. The fraction of sp³-hybridized carbons (Fsp3) is 0.615. The van der Waals surface area contributed by atoms with E-state index in [4.69, 9.17) is 9.47 Å². The van der Waals surface area contributed by atoms with E-state index in [2.05, 4.69) is 21.9 Å². The van der Waals surface area contributed by atoms with Gasteiger partial charge in [-0.1, -0.05) is 6.58 Å². The molecule has 1 unspecified atom stereocenters. The zero-order valence-corrected chi connectivity index (χ0v) is 12.3. The van der Waals surface area contributed by atoms with Crippen molar-refractivity contribution in [3.63, 3.8) is 0 Å². The molecule has 0 aliphatic heterocycles. The molecule has 8 nitrogen and oxygen atoms in total. The number of urea groups is 1. The second-order valence-electron chi connectivity index (χ2n) is 3.82. The Morgan fingerprint density at radius 1 is 1.24 bits per heavy atom. The third kappa shape index (κ3) is 11.4. The number of carbonyl (C=O) groups excluding carboxylic acids is 3. The smallest absolute Gasteiger partial charge is 0.330 e. The zero-order valence-electron chi connectivity index (χ0n) is 12.3. The van der Waals surface area contributed by atoms with Crippen molar-refractivity contribution in [2.45, 2.75) is 26.6 Å². The molecule has 0 aromatic heterocycles. The minimum absolute atomic E-state index is 0.0380. The van der Waals surface area contributed by atoms with Crippen LogP contribution in [0.5, 0.6) is 0 Å². The molecule has 1 atom stereocenters. The molecule has 0 bridgehead atoms. The molecule has 2 amide bonds. The summed E-state index contributed by atoms with van der Waals surface area (Å²) in [6, 6.07) is -0.463. The molecule has 0 radical (unpaired) electrons. The number of hydrogen-bond acceptors (Lipinski definition) is 6. The number of rotatable bonds is 10. The summed E-state index contributed by atoms with van der Waals surface area (Å²) in [6.07, 6.45) is 0.474. The quantitative estimate of drug-likeness (QED) is 0.261. The van der Waals surface area contributed by atoms with Gasteiger partial charge in [-0.3, -0.25) is 4.79 Å². The summed E-state index contributed by atoms with van der Waals surface area (Å²) in [5.41, 5.74) is 0. The van der Waals surface area contributed by atoms with Crippen LogP contribution in [-0.2, 0) is 23.8 Å². The second kappa shape index (κ2) is 11.7. The van der Waals surface area contributed by atoms with Gasteiger partial charge in [-0.25, -0.2) is 9.59 Å². The van der Waals surface area contributed by atoms with E-state index < -0.39 is 24.3 Å². The maximum absolute atomic E-state index is 11.3. The van der Waals surface area contributed by atoms with Gasteiger partial charge in [-0.15, -0.1) is 0 Å². The van der Waals surface area contributed by atoms with E-state index in [-0.39, 0.29) is 26.1 Å². The monoisotopic (exact) mass is 302 g/mol. The maximum Gasteiger partial charge on any atom is 0.330 e. The predicted molar refractivity (Wildman–Crippen MR) is 74.4 cm³/mol. The number of ether oxygens (including phenoxy) is 3. The third-order valence-electron chi connectivity index (χ3n) is 2.11. The van der Waals surface area contributed by atoms with Crippen molar-refractivity contribution in [2.75, 3.05) is 26.3 Å². The third-order valence-corrected chi connectivity index (χ3v) is 2.11. The number of amides is 2. The highest BCUT2D eigenvalue weighted by atomic mass is 16.7. The molecule has 2 N–H and O–H groups in total. The SMILES string of the molecule is C=CC(=O)OCCNC(=O)NCCC(=O)OC(C)OCC. The Morgan fingerprint density at radius 3 is 2.52 bits per heavy atom. The first-order chi connectivity index (χ1) is 9.99. The fourth-order valence-electron chi connectivity index (χ4n) is 1.23. The predicted octanol–water partition coefficient (Wildman–Crippen LogP) is 0.331. The van der Waals surface area contributed by atoms with E-state index in [1.807, 2.05) is 0 Å². The Labute approximate surface area is 123 Å². The van der Waals surface area contributed by atoms with Gasteiger partial charge in [0.25, 0.3) is 0 Å². The van der Waals surface area contributed by atoms with Crippen molar-refractivity contribution < 1.29 is 28.6 Å². The molecule has 0 saturated heterocycles. The maximum atomic E-state index is 11.3. The molecule has 0 rings (SSSR count). The highest BCUT2D eigenvalue weighted by molar-refractivity contribution is 5.81. The Bertz CT molecular complexity index is 359. The van der Waals surface area contributed by atoms with Crippen LogP contribution in [0.1, 0.15) is 20.3 Å². The molecule has 8 heteroatoms. The number of esters is 2. The highest BCUT2D eigenvalue weighted by Gasteiger charge is 2.09. The lowest BCUT2D eigenvalue weighted by Crippen LogP contribution is -2.38. The summed E-state index contributed by atoms with van der Waals surface area (Å²) < 4.78 is 14.6. The lowest BCUT2D eigenvalue weighted by molar-refractivity contribution is -0.173. The number of nitrogens with one attached hydrogen (secondary N) is 2. The molecule has 120 valence electrons. The molecule has 0 spiro atoms. The first-order valence-corrected chi connectivity index (χ1v) is 6.61. The van der Waals surface area contributed by atoms with Crippen molar-refractivity contribution in [1.29, 1.82) is 0 Å². The average Bonchev–Trinajstić information content (AvgIpc) is 2.43. The largest absolute Gasteiger partial charge is 0.461 e. The van der Waals surface area contributed by atoms with E-state index in [0.29, 0.717) is 6.61 Å². The van der Waals surface area contributed by atoms with Gasteiger partial charge in [-0.05, 0) is 13.8 Å². The molecule has 0 aliphatic carbocycles. The Morgan fingerprint density at radius 2 is 1.90 bits per heavy atom. The first kappa shape index (κ1) is 18.9. The van der Waals surface area contributed by atoms with Gasteiger partial charge in [-0.2, -0.15) is 0 Å². The van der Waals surface area contributed by atoms with E-state index in [0.717, 1.165) is 6.08 Å². The molecular formula is C13H22N2O6. The van der Waals surface area contributed by atoms with E-state index >= 15 is 0 Å². The van der Waals surface area contributed by atoms with Crippen LogP contribution in [0.2, 0.25) is 0 Å². The summed E-state index contributed by atoms with van der Waals surface area (Å²) in [5.74, 6) is -1.01. The second-order valence-corrected chi connectivity index (χ2v) is 3.82. The van der Waals surface area contributed by atoms with Crippen LogP contribution in [-0.4, -0.2) is 50.6 Å². The van der Waals surface area contributed by atoms with Gasteiger partial charge in [0.15, 0.2) is 6.29 Å². The standard InChI is InChI=1S/C13H22N2O6/c1-4-11(16)20-9-8-15-13(18)14-7-6-12(17)21-10(3)19-5-2/h4,10H,1,5-9H2,2-3H3,(H2,14,15,18). The summed E-state index contributed by atoms with van der Waals surface area (Å²) in [4.78, 5) is 33.3.